The first-order chi connectivity index (χ1) is 2.91. The van der Waals surface area contributed by atoms with E-state index in [2.05, 4.69) is 13.8 Å². The molecule has 0 aromatic carbocycles. The van der Waals surface area contributed by atoms with E-state index in [0.717, 1.165) is 0 Å². The van der Waals surface area contributed by atoms with E-state index >= 15 is 0 Å². The third-order valence-corrected chi connectivity index (χ3v) is 0.957. The summed E-state index contributed by atoms with van der Waals surface area (Å²) < 4.78 is 0. The second-order valence-electron chi connectivity index (χ2n) is 1.71. The van der Waals surface area contributed by atoms with Crippen LogP contribution in [-0.2, 0) is 0 Å². The molecule has 0 amide bonds. The van der Waals surface area contributed by atoms with Crippen molar-refractivity contribution in [3.8, 4) is 0 Å². The normalized spacial score (nSPS) is 5.40. The molecule has 0 radical (unpaired) electrons. The van der Waals surface area contributed by atoms with Crippen LogP contribution in [0.15, 0.2) is 0 Å². The van der Waals surface area contributed by atoms with Crippen molar-refractivity contribution in [2.24, 2.45) is 0 Å². The van der Waals surface area contributed by atoms with Crippen LogP contribution in [0.25, 0.3) is 0 Å². The molecule has 0 bridgehead atoms. The van der Waals surface area contributed by atoms with Gasteiger partial charge in [-0.3, -0.25) is 0 Å². The van der Waals surface area contributed by atoms with Crippen LogP contribution in [0.2, 0.25) is 0 Å². The van der Waals surface area contributed by atoms with Crippen LogP contribution in [0.3, 0.4) is 0 Å². The van der Waals surface area contributed by atoms with E-state index in [1.165, 1.54) is 25.7 Å². The molecule has 0 aromatic heterocycles. The summed E-state index contributed by atoms with van der Waals surface area (Å²) in [5.74, 6) is 0. The molecule has 0 aliphatic heterocycles. The Balaban J connectivity index is -0.0000000208. The van der Waals surface area contributed by atoms with Crippen LogP contribution in [0.5, 0.6) is 0 Å². The Kier molecular flexibility index (Phi) is 99.8. The molecule has 0 nitrogen and oxygen atoms in total. The molecule has 0 rings (SSSR count). The zero-order valence-electron chi connectivity index (χ0n) is 6.54. The smallest absolute Gasteiger partial charge is 1.00 e. The average molecular weight is 203 g/mol. The second-order valence-corrected chi connectivity index (χ2v) is 1.71. The van der Waals surface area contributed by atoms with Crippen LogP contribution in [-0.4, -0.2) is 8.41 Å². The molecular weight excluding hydrogens is 189 g/mol. The Labute approximate surface area is 85.3 Å². The van der Waals surface area contributed by atoms with Crippen LogP contribution < -0.4 is 37.2 Å². The third-order valence-electron chi connectivity index (χ3n) is 0.957. The zero-order chi connectivity index (χ0) is 4.83. The fourth-order valence-electron chi connectivity index (χ4n) is 0.500. The summed E-state index contributed by atoms with van der Waals surface area (Å²) in [6, 6.07) is 0. The molecule has 0 fully saturated rings. The molecule has 0 N–H and O–H groups in total. The maximum absolute atomic E-state index is 2.23. The summed E-state index contributed by atoms with van der Waals surface area (Å²) in [6.45, 7) is 4.46. The van der Waals surface area contributed by atoms with E-state index in [-0.39, 0.29) is 45.6 Å². The van der Waals surface area contributed by atoms with Crippen molar-refractivity contribution in [1.29, 1.82) is 0 Å². The molecular formula is C6H14BCl3. The summed E-state index contributed by atoms with van der Waals surface area (Å²) >= 11 is 0. The van der Waals surface area contributed by atoms with Crippen LogP contribution in [0, 0.1) is 0 Å². The van der Waals surface area contributed by atoms with Gasteiger partial charge in [0.15, 0.2) is 0 Å². The van der Waals surface area contributed by atoms with Gasteiger partial charge in [-0.05, 0) is 0 Å². The number of hydrogen-bond acceptors (Lipinski definition) is 0. The van der Waals surface area contributed by atoms with Gasteiger partial charge < -0.3 is 37.2 Å². The van der Waals surface area contributed by atoms with Crippen LogP contribution >= 0.6 is 0 Å². The first-order valence-corrected chi connectivity index (χ1v) is 2.91. The number of hydrogen-bond donors (Lipinski definition) is 0. The van der Waals surface area contributed by atoms with Crippen LogP contribution in [0.1, 0.15) is 39.5 Å². The number of unbranched alkanes of at least 4 members (excludes halogenated alkanes) is 3. The Hall–Kier alpha value is 0.935. The third kappa shape index (κ3) is 36.3. The van der Waals surface area contributed by atoms with Crippen molar-refractivity contribution in [3.63, 3.8) is 0 Å². The first kappa shape index (κ1) is 30.6. The van der Waals surface area contributed by atoms with Gasteiger partial charge in [0, 0.05) is 0 Å². The predicted octanol–water partition coefficient (Wildman–Crippen LogP) is -6.78. The van der Waals surface area contributed by atoms with Crippen molar-refractivity contribution in [3.05, 3.63) is 0 Å². The number of halogens is 3. The fourth-order valence-corrected chi connectivity index (χ4v) is 0.500. The van der Waals surface area contributed by atoms with Gasteiger partial charge in [0.25, 0.3) is 0 Å². The molecule has 0 spiro atoms. The van der Waals surface area contributed by atoms with Gasteiger partial charge >= 0.3 is 8.41 Å². The van der Waals surface area contributed by atoms with Gasteiger partial charge in [0.2, 0.25) is 0 Å². The molecule has 0 unspecified atom stereocenters. The number of rotatable bonds is 3. The molecule has 0 heterocycles. The predicted molar refractivity (Wildman–Crippen MR) is 35.6 cm³/mol. The van der Waals surface area contributed by atoms with Gasteiger partial charge in [-0.2, -0.15) is 0 Å². The van der Waals surface area contributed by atoms with Gasteiger partial charge in [0.05, 0.1) is 0 Å². The Morgan fingerprint density at radius 1 is 0.700 bits per heavy atom. The van der Waals surface area contributed by atoms with E-state index in [0.29, 0.717) is 0 Å². The molecule has 0 aliphatic rings. The van der Waals surface area contributed by atoms with Crippen molar-refractivity contribution in [2.75, 3.05) is 0 Å². The van der Waals surface area contributed by atoms with E-state index in [4.69, 9.17) is 0 Å². The van der Waals surface area contributed by atoms with Crippen molar-refractivity contribution in [2.45, 2.75) is 39.5 Å². The summed E-state index contributed by atoms with van der Waals surface area (Å²) in [5.41, 5.74) is 0. The monoisotopic (exact) mass is 202 g/mol. The largest absolute Gasteiger partial charge is 3.00 e. The molecule has 10 heavy (non-hydrogen) atoms. The van der Waals surface area contributed by atoms with Gasteiger partial charge in [-0.25, -0.2) is 0 Å². The minimum Gasteiger partial charge on any atom is -1.00 e. The first-order valence-electron chi connectivity index (χ1n) is 2.91. The second kappa shape index (κ2) is 32.6. The molecule has 0 aromatic rings. The SMILES string of the molecule is CCCCCC.[B+3].[Cl-].[Cl-].[Cl-]. The Morgan fingerprint density at radius 3 is 1.00 bits per heavy atom. The topological polar surface area (TPSA) is 0 Å². The summed E-state index contributed by atoms with van der Waals surface area (Å²) in [4.78, 5) is 0. The Morgan fingerprint density at radius 2 is 0.900 bits per heavy atom. The van der Waals surface area contributed by atoms with E-state index < -0.39 is 0 Å². The summed E-state index contributed by atoms with van der Waals surface area (Å²) in [5, 5.41) is 0. The van der Waals surface area contributed by atoms with Gasteiger partial charge in [-0.1, -0.05) is 39.5 Å². The maximum atomic E-state index is 2.23. The minimum atomic E-state index is 0. The molecule has 62 valence electrons. The average Bonchev–Trinajstić information content (AvgIpc) is 1.61. The quantitative estimate of drug-likeness (QED) is 0.316. The van der Waals surface area contributed by atoms with E-state index in [1.54, 1.807) is 0 Å². The summed E-state index contributed by atoms with van der Waals surface area (Å²) in [7, 11) is 0. The minimum absolute atomic E-state index is 0. The fraction of sp³-hybridized carbons (Fsp3) is 1.00. The maximum Gasteiger partial charge on any atom is 3.00 e. The van der Waals surface area contributed by atoms with E-state index in [9.17, 15) is 0 Å². The molecule has 0 saturated heterocycles. The van der Waals surface area contributed by atoms with Crippen molar-refractivity contribution in [1.82, 2.24) is 0 Å². The summed E-state index contributed by atoms with van der Waals surface area (Å²) in [6.07, 6.45) is 5.54. The zero-order valence-corrected chi connectivity index (χ0v) is 8.81. The van der Waals surface area contributed by atoms with E-state index in [1.807, 2.05) is 0 Å². The molecule has 4 heteroatoms. The van der Waals surface area contributed by atoms with Gasteiger partial charge in [0.1, 0.15) is 0 Å². The molecule has 0 atom stereocenters. The molecule has 0 aliphatic carbocycles. The standard InChI is InChI=1S/C6H14.B.3ClH/c1-3-5-6-4-2;;;;/h3-6H2,1-2H3;;3*1H/q;+3;;;/p-3. The van der Waals surface area contributed by atoms with Gasteiger partial charge in [-0.15, -0.1) is 0 Å². The van der Waals surface area contributed by atoms with Crippen molar-refractivity contribution >= 4 is 8.41 Å². The Bertz CT molecular complexity index is 25.0. The van der Waals surface area contributed by atoms with Crippen LogP contribution in [0.4, 0.5) is 0 Å². The molecule has 0 saturated carbocycles. The van der Waals surface area contributed by atoms with Crippen molar-refractivity contribution < 1.29 is 37.2 Å².